The Balaban J connectivity index is 1.44. The molecular weight excluding hydrogens is 429 g/mol. The standard InChI is InChI=1S/C19H22FN5O3S2/c1-11-4-5-14(9-15(11)20)17-21-18(28-24-17)12(2)29-19-23-22-16(25(19)3)8-13-6-7-30(26,27)10-13/h4-5,9,12-13H,6-8,10H2,1-3H3. The molecule has 3 heterocycles. The van der Waals surface area contributed by atoms with E-state index in [1.165, 1.54) is 17.8 Å². The molecule has 0 amide bonds. The number of thioether (sulfide) groups is 1. The van der Waals surface area contributed by atoms with Crippen LogP contribution in [0.3, 0.4) is 0 Å². The Bertz CT molecular complexity index is 1170. The molecule has 0 aliphatic carbocycles. The maximum atomic E-state index is 13.8. The van der Waals surface area contributed by atoms with Crippen molar-refractivity contribution in [2.45, 2.75) is 37.1 Å². The van der Waals surface area contributed by atoms with Crippen molar-refractivity contribution in [3.8, 4) is 11.4 Å². The fourth-order valence-corrected chi connectivity index (χ4v) is 6.10. The first-order valence-corrected chi connectivity index (χ1v) is 12.3. The number of halogens is 1. The second kappa shape index (κ2) is 8.10. The molecule has 8 nitrogen and oxygen atoms in total. The highest BCUT2D eigenvalue weighted by Crippen LogP contribution is 2.34. The van der Waals surface area contributed by atoms with E-state index in [0.29, 0.717) is 40.8 Å². The van der Waals surface area contributed by atoms with Crippen molar-refractivity contribution in [3.05, 3.63) is 41.3 Å². The van der Waals surface area contributed by atoms with Gasteiger partial charge < -0.3 is 9.09 Å². The topological polar surface area (TPSA) is 104 Å². The zero-order valence-electron chi connectivity index (χ0n) is 16.9. The van der Waals surface area contributed by atoms with Crippen molar-refractivity contribution >= 4 is 21.6 Å². The van der Waals surface area contributed by atoms with Gasteiger partial charge in [-0.25, -0.2) is 12.8 Å². The van der Waals surface area contributed by atoms with Gasteiger partial charge in [0, 0.05) is 19.0 Å². The van der Waals surface area contributed by atoms with Crippen LogP contribution in [0.25, 0.3) is 11.4 Å². The Kier molecular flexibility index (Phi) is 5.67. The monoisotopic (exact) mass is 451 g/mol. The van der Waals surface area contributed by atoms with Crippen LogP contribution >= 0.6 is 11.8 Å². The predicted molar refractivity (Wildman–Crippen MR) is 110 cm³/mol. The summed E-state index contributed by atoms with van der Waals surface area (Å²) in [4.78, 5) is 4.39. The highest BCUT2D eigenvalue weighted by atomic mass is 32.2. The smallest absolute Gasteiger partial charge is 0.240 e. The molecule has 2 atom stereocenters. The first-order valence-electron chi connectivity index (χ1n) is 9.57. The van der Waals surface area contributed by atoms with E-state index >= 15 is 0 Å². The molecule has 1 fully saturated rings. The molecule has 0 radical (unpaired) electrons. The molecule has 1 aliphatic heterocycles. The van der Waals surface area contributed by atoms with Gasteiger partial charge in [0.2, 0.25) is 11.7 Å². The molecule has 1 aromatic carbocycles. The summed E-state index contributed by atoms with van der Waals surface area (Å²) >= 11 is 1.42. The fourth-order valence-electron chi connectivity index (χ4n) is 3.37. The summed E-state index contributed by atoms with van der Waals surface area (Å²) in [5.74, 6) is 1.72. The summed E-state index contributed by atoms with van der Waals surface area (Å²) in [7, 11) is -1.05. The van der Waals surface area contributed by atoms with Crippen molar-refractivity contribution in [3.63, 3.8) is 0 Å². The van der Waals surface area contributed by atoms with Crippen LogP contribution in [0.15, 0.2) is 27.9 Å². The molecule has 1 aliphatic rings. The maximum absolute atomic E-state index is 13.8. The molecule has 30 heavy (non-hydrogen) atoms. The third-order valence-corrected chi connectivity index (χ3v) is 8.18. The van der Waals surface area contributed by atoms with Gasteiger partial charge in [0.25, 0.3) is 0 Å². The lowest BCUT2D eigenvalue weighted by atomic mass is 10.1. The Morgan fingerprint density at radius 3 is 2.87 bits per heavy atom. The fraction of sp³-hybridized carbons (Fsp3) is 0.474. The SMILES string of the molecule is Cc1ccc(-c2noc(C(C)Sc3nnc(CC4CCS(=O)(=O)C4)n3C)n2)cc1F. The Labute approximate surface area is 178 Å². The zero-order valence-corrected chi connectivity index (χ0v) is 18.5. The third-order valence-electron chi connectivity index (χ3n) is 5.22. The van der Waals surface area contributed by atoms with Gasteiger partial charge in [-0.1, -0.05) is 29.1 Å². The highest BCUT2D eigenvalue weighted by molar-refractivity contribution is 7.99. The average molecular weight is 452 g/mol. The van der Waals surface area contributed by atoms with E-state index in [0.717, 1.165) is 5.82 Å². The van der Waals surface area contributed by atoms with E-state index in [1.54, 1.807) is 19.1 Å². The van der Waals surface area contributed by atoms with E-state index in [9.17, 15) is 12.8 Å². The number of hydrogen-bond donors (Lipinski definition) is 0. The summed E-state index contributed by atoms with van der Waals surface area (Å²) in [6.07, 6.45) is 1.25. The minimum absolute atomic E-state index is 0.0848. The number of aryl methyl sites for hydroxylation is 1. The number of aromatic nitrogens is 5. The van der Waals surface area contributed by atoms with Gasteiger partial charge in [0.15, 0.2) is 15.0 Å². The van der Waals surface area contributed by atoms with Crippen molar-refractivity contribution in [2.24, 2.45) is 13.0 Å². The van der Waals surface area contributed by atoms with Crippen LogP contribution in [0.1, 0.15) is 35.9 Å². The minimum atomic E-state index is -2.92. The quantitative estimate of drug-likeness (QED) is 0.527. The zero-order chi connectivity index (χ0) is 21.5. The van der Waals surface area contributed by atoms with Crippen molar-refractivity contribution in [1.29, 1.82) is 0 Å². The predicted octanol–water partition coefficient (Wildman–Crippen LogP) is 3.14. The van der Waals surface area contributed by atoms with Gasteiger partial charge in [0.1, 0.15) is 11.6 Å². The van der Waals surface area contributed by atoms with E-state index in [4.69, 9.17) is 4.52 Å². The number of nitrogens with zero attached hydrogens (tertiary/aromatic N) is 5. The minimum Gasteiger partial charge on any atom is -0.338 e. The van der Waals surface area contributed by atoms with Crippen molar-refractivity contribution in [1.82, 2.24) is 24.9 Å². The summed E-state index contributed by atoms with van der Waals surface area (Å²) in [6, 6.07) is 4.82. The molecule has 0 N–H and O–H groups in total. The van der Waals surface area contributed by atoms with Crippen LogP contribution in [-0.2, 0) is 23.3 Å². The molecule has 2 unspecified atom stereocenters. The molecule has 2 aromatic heterocycles. The van der Waals surface area contributed by atoms with Crippen LogP contribution in [0, 0.1) is 18.7 Å². The number of sulfone groups is 1. The maximum Gasteiger partial charge on any atom is 0.240 e. The Morgan fingerprint density at radius 1 is 1.37 bits per heavy atom. The van der Waals surface area contributed by atoms with Gasteiger partial charge in [0.05, 0.1) is 16.8 Å². The first-order chi connectivity index (χ1) is 14.2. The van der Waals surface area contributed by atoms with Crippen LogP contribution < -0.4 is 0 Å². The number of hydrogen-bond acceptors (Lipinski definition) is 8. The molecule has 0 spiro atoms. The van der Waals surface area contributed by atoms with Gasteiger partial charge in [-0.3, -0.25) is 0 Å². The lowest BCUT2D eigenvalue weighted by Crippen LogP contribution is -2.11. The normalized spacial score (nSPS) is 19.3. The van der Waals surface area contributed by atoms with Crippen molar-refractivity contribution in [2.75, 3.05) is 11.5 Å². The van der Waals surface area contributed by atoms with Crippen LogP contribution in [-0.4, -0.2) is 44.8 Å². The molecule has 0 saturated carbocycles. The van der Waals surface area contributed by atoms with Gasteiger partial charge in [-0.15, -0.1) is 10.2 Å². The van der Waals surface area contributed by atoms with Crippen LogP contribution in [0.2, 0.25) is 0 Å². The number of rotatable bonds is 6. The van der Waals surface area contributed by atoms with E-state index < -0.39 is 9.84 Å². The van der Waals surface area contributed by atoms with Crippen LogP contribution in [0.5, 0.6) is 0 Å². The molecule has 1 saturated heterocycles. The lowest BCUT2D eigenvalue weighted by molar-refractivity contribution is 0.380. The molecule has 0 bridgehead atoms. The summed E-state index contributed by atoms with van der Waals surface area (Å²) in [6.45, 7) is 3.61. The average Bonchev–Trinajstić information content (AvgIpc) is 3.39. The van der Waals surface area contributed by atoms with Gasteiger partial charge in [-0.05, 0) is 37.8 Å². The molecule has 4 rings (SSSR count). The number of benzene rings is 1. The molecular formula is C19H22FN5O3S2. The Morgan fingerprint density at radius 2 is 2.17 bits per heavy atom. The second-order valence-electron chi connectivity index (χ2n) is 7.61. The molecule has 11 heteroatoms. The molecule has 3 aromatic rings. The summed E-state index contributed by atoms with van der Waals surface area (Å²) in [5.41, 5.74) is 1.11. The molecule has 160 valence electrons. The summed E-state index contributed by atoms with van der Waals surface area (Å²) in [5, 5.41) is 12.9. The third kappa shape index (κ3) is 4.41. The van der Waals surface area contributed by atoms with E-state index in [-0.39, 0.29) is 28.5 Å². The van der Waals surface area contributed by atoms with E-state index in [1.807, 2.05) is 18.5 Å². The van der Waals surface area contributed by atoms with Gasteiger partial charge in [-0.2, -0.15) is 4.98 Å². The lowest BCUT2D eigenvalue weighted by Gasteiger charge is -2.09. The largest absolute Gasteiger partial charge is 0.338 e. The summed E-state index contributed by atoms with van der Waals surface area (Å²) < 4.78 is 44.4. The van der Waals surface area contributed by atoms with Gasteiger partial charge >= 0.3 is 0 Å². The highest BCUT2D eigenvalue weighted by Gasteiger charge is 2.29. The second-order valence-corrected chi connectivity index (χ2v) is 11.1. The Hall–Kier alpha value is -2.27. The van der Waals surface area contributed by atoms with Crippen LogP contribution in [0.4, 0.5) is 4.39 Å². The van der Waals surface area contributed by atoms with Crippen molar-refractivity contribution < 1.29 is 17.3 Å². The first kappa shape index (κ1) is 21.0. The van der Waals surface area contributed by atoms with E-state index in [2.05, 4.69) is 20.3 Å².